The number of ether oxygens (including phenoxy) is 2. The summed E-state index contributed by atoms with van der Waals surface area (Å²) in [6, 6.07) is 14.9. The van der Waals surface area contributed by atoms with E-state index in [0.29, 0.717) is 23.5 Å². The number of hydrogen-bond donors (Lipinski definition) is 1. The molecule has 7 nitrogen and oxygen atoms in total. The van der Waals surface area contributed by atoms with Crippen LogP contribution < -0.4 is 20.3 Å². The Balaban J connectivity index is 1.75. The molecular formula is C21H20FN3O4. The van der Waals surface area contributed by atoms with Crippen LogP contribution in [0.1, 0.15) is 13.3 Å². The summed E-state index contributed by atoms with van der Waals surface area (Å²) in [7, 11) is 1.56. The van der Waals surface area contributed by atoms with Crippen molar-refractivity contribution in [2.75, 3.05) is 12.4 Å². The van der Waals surface area contributed by atoms with E-state index < -0.39 is 17.5 Å². The topological polar surface area (TPSA) is 82.5 Å². The molecule has 0 saturated carbocycles. The van der Waals surface area contributed by atoms with E-state index in [1.54, 1.807) is 38.3 Å². The Kier molecular flexibility index (Phi) is 6.23. The van der Waals surface area contributed by atoms with Gasteiger partial charge in [-0.3, -0.25) is 9.59 Å². The zero-order valence-corrected chi connectivity index (χ0v) is 16.0. The minimum Gasteiger partial charge on any atom is -0.497 e. The van der Waals surface area contributed by atoms with Gasteiger partial charge in [-0.05, 0) is 55.0 Å². The van der Waals surface area contributed by atoms with E-state index in [9.17, 15) is 14.0 Å². The van der Waals surface area contributed by atoms with Crippen LogP contribution in [0.5, 0.6) is 11.6 Å². The van der Waals surface area contributed by atoms with E-state index in [-0.39, 0.29) is 11.8 Å². The zero-order chi connectivity index (χ0) is 20.8. The number of aromatic nitrogens is 2. The number of methoxy groups -OCH3 is 1. The van der Waals surface area contributed by atoms with Gasteiger partial charge in [0.2, 0.25) is 5.88 Å². The number of nitrogens with one attached hydrogen (secondary N) is 1. The Morgan fingerprint density at radius 1 is 1.10 bits per heavy atom. The van der Waals surface area contributed by atoms with Crippen molar-refractivity contribution in [3.05, 3.63) is 76.8 Å². The number of carbonyl (C=O) groups is 1. The molecule has 0 spiro atoms. The van der Waals surface area contributed by atoms with Gasteiger partial charge in [-0.2, -0.15) is 4.68 Å². The molecule has 0 aliphatic carbocycles. The fourth-order valence-corrected chi connectivity index (χ4v) is 2.59. The Hall–Kier alpha value is -3.68. The quantitative estimate of drug-likeness (QED) is 0.662. The average Bonchev–Trinajstić information content (AvgIpc) is 2.74. The zero-order valence-electron chi connectivity index (χ0n) is 16.0. The Bertz CT molecular complexity index is 1030. The third kappa shape index (κ3) is 4.98. The summed E-state index contributed by atoms with van der Waals surface area (Å²) >= 11 is 0. The number of hydrogen-bond acceptors (Lipinski definition) is 5. The van der Waals surface area contributed by atoms with Gasteiger partial charge in [0.15, 0.2) is 6.10 Å². The Labute approximate surface area is 166 Å². The molecule has 0 unspecified atom stereocenters. The van der Waals surface area contributed by atoms with Gasteiger partial charge in [0.25, 0.3) is 11.5 Å². The van der Waals surface area contributed by atoms with Crippen LogP contribution in [-0.2, 0) is 4.79 Å². The molecule has 0 aliphatic rings. The average molecular weight is 397 g/mol. The molecule has 0 radical (unpaired) electrons. The maximum absolute atomic E-state index is 13.1. The lowest BCUT2D eigenvalue weighted by molar-refractivity contribution is -0.123. The summed E-state index contributed by atoms with van der Waals surface area (Å²) in [5.74, 6) is 0.0126. The van der Waals surface area contributed by atoms with E-state index in [4.69, 9.17) is 9.47 Å². The predicted octanol–water partition coefficient (Wildman–Crippen LogP) is 3.18. The summed E-state index contributed by atoms with van der Waals surface area (Å²) in [4.78, 5) is 24.7. The molecule has 0 bridgehead atoms. The van der Waals surface area contributed by atoms with E-state index in [1.165, 1.54) is 36.4 Å². The molecule has 0 aliphatic heterocycles. The molecule has 2 aromatic carbocycles. The van der Waals surface area contributed by atoms with Crippen LogP contribution in [0.4, 0.5) is 10.1 Å². The molecule has 1 aromatic heterocycles. The van der Waals surface area contributed by atoms with Gasteiger partial charge >= 0.3 is 0 Å². The maximum atomic E-state index is 13.1. The number of benzene rings is 2. The van der Waals surface area contributed by atoms with Gasteiger partial charge < -0.3 is 14.8 Å². The number of rotatable bonds is 7. The van der Waals surface area contributed by atoms with Gasteiger partial charge in [-0.15, -0.1) is 5.10 Å². The number of carbonyl (C=O) groups excluding carboxylic acids is 1. The second kappa shape index (κ2) is 9.01. The molecule has 3 aromatic rings. The van der Waals surface area contributed by atoms with Crippen molar-refractivity contribution in [1.29, 1.82) is 0 Å². The first-order chi connectivity index (χ1) is 14.0. The van der Waals surface area contributed by atoms with Crippen LogP contribution in [0.2, 0.25) is 0 Å². The van der Waals surface area contributed by atoms with Crippen LogP contribution in [0, 0.1) is 5.82 Å². The molecule has 1 atom stereocenters. The Morgan fingerprint density at radius 3 is 2.41 bits per heavy atom. The number of anilines is 1. The standard InChI is InChI=1S/C21H20FN3O4/c1-3-18(21(27)23-15-6-10-17(28-2)11-7-15)29-19-12-13-20(26)25(24-19)16-8-4-14(22)5-9-16/h4-13,18H,3H2,1-2H3,(H,23,27)/t18-/m1/s1. The van der Waals surface area contributed by atoms with Crippen molar-refractivity contribution in [1.82, 2.24) is 9.78 Å². The lowest BCUT2D eigenvalue weighted by atomic mass is 10.2. The molecule has 1 heterocycles. The molecule has 8 heteroatoms. The number of halogens is 1. The first-order valence-corrected chi connectivity index (χ1v) is 8.98. The second-order valence-corrected chi connectivity index (χ2v) is 6.13. The van der Waals surface area contributed by atoms with Crippen LogP contribution in [-0.4, -0.2) is 28.9 Å². The molecule has 0 fully saturated rings. The first-order valence-electron chi connectivity index (χ1n) is 8.98. The minimum atomic E-state index is -0.816. The SMILES string of the molecule is CC[C@@H](Oc1ccc(=O)n(-c2ccc(F)cc2)n1)C(=O)Nc1ccc(OC)cc1. The van der Waals surface area contributed by atoms with Gasteiger partial charge in [-0.1, -0.05) is 6.92 Å². The monoisotopic (exact) mass is 397 g/mol. The minimum absolute atomic E-state index is 0.102. The summed E-state index contributed by atoms with van der Waals surface area (Å²) in [5, 5.41) is 6.91. The normalized spacial score (nSPS) is 11.6. The fourth-order valence-electron chi connectivity index (χ4n) is 2.59. The largest absolute Gasteiger partial charge is 0.497 e. The molecule has 29 heavy (non-hydrogen) atoms. The summed E-state index contributed by atoms with van der Waals surface area (Å²) in [5.41, 5.74) is 0.583. The smallest absolute Gasteiger partial charge is 0.271 e. The second-order valence-electron chi connectivity index (χ2n) is 6.13. The molecule has 0 saturated heterocycles. The molecular weight excluding hydrogens is 377 g/mol. The van der Waals surface area contributed by atoms with Gasteiger partial charge in [0.1, 0.15) is 11.6 Å². The predicted molar refractivity (Wildman–Crippen MR) is 106 cm³/mol. The van der Waals surface area contributed by atoms with E-state index in [1.807, 2.05) is 0 Å². The van der Waals surface area contributed by atoms with Crippen molar-refractivity contribution in [2.24, 2.45) is 0 Å². The highest BCUT2D eigenvalue weighted by Crippen LogP contribution is 2.17. The van der Waals surface area contributed by atoms with Gasteiger partial charge in [0, 0.05) is 17.8 Å². The van der Waals surface area contributed by atoms with Crippen molar-refractivity contribution in [3.63, 3.8) is 0 Å². The first kappa shape index (κ1) is 20.1. The fraction of sp³-hybridized carbons (Fsp3) is 0.190. The maximum Gasteiger partial charge on any atom is 0.271 e. The summed E-state index contributed by atoms with van der Waals surface area (Å²) < 4.78 is 25.0. The summed E-state index contributed by atoms with van der Waals surface area (Å²) in [6.07, 6.45) is -0.428. The van der Waals surface area contributed by atoms with Crippen molar-refractivity contribution >= 4 is 11.6 Å². The lowest BCUT2D eigenvalue weighted by Gasteiger charge is -2.17. The number of nitrogens with zero attached hydrogens (tertiary/aromatic N) is 2. The van der Waals surface area contributed by atoms with E-state index in [2.05, 4.69) is 10.4 Å². The van der Waals surface area contributed by atoms with Crippen molar-refractivity contribution < 1.29 is 18.7 Å². The van der Waals surface area contributed by atoms with Crippen LogP contribution in [0.3, 0.4) is 0 Å². The third-order valence-corrected chi connectivity index (χ3v) is 4.13. The van der Waals surface area contributed by atoms with Crippen LogP contribution in [0.25, 0.3) is 5.69 Å². The molecule has 3 rings (SSSR count). The highest BCUT2D eigenvalue weighted by Gasteiger charge is 2.20. The van der Waals surface area contributed by atoms with Crippen molar-refractivity contribution in [2.45, 2.75) is 19.4 Å². The molecule has 150 valence electrons. The highest BCUT2D eigenvalue weighted by molar-refractivity contribution is 5.94. The Morgan fingerprint density at radius 2 is 1.79 bits per heavy atom. The third-order valence-electron chi connectivity index (χ3n) is 4.13. The summed E-state index contributed by atoms with van der Waals surface area (Å²) in [6.45, 7) is 1.80. The van der Waals surface area contributed by atoms with Gasteiger partial charge in [0.05, 0.1) is 12.8 Å². The molecule has 1 N–H and O–H groups in total. The highest BCUT2D eigenvalue weighted by atomic mass is 19.1. The lowest BCUT2D eigenvalue weighted by Crippen LogP contribution is -2.33. The van der Waals surface area contributed by atoms with Crippen LogP contribution >= 0.6 is 0 Å². The van der Waals surface area contributed by atoms with Crippen molar-refractivity contribution in [3.8, 4) is 17.3 Å². The molecule has 1 amide bonds. The van der Waals surface area contributed by atoms with E-state index in [0.717, 1.165) is 4.68 Å². The van der Waals surface area contributed by atoms with Gasteiger partial charge in [-0.25, -0.2) is 4.39 Å². The van der Waals surface area contributed by atoms with E-state index >= 15 is 0 Å². The van der Waals surface area contributed by atoms with Crippen LogP contribution in [0.15, 0.2) is 65.5 Å². The number of amides is 1.